The third-order valence-electron chi connectivity index (χ3n) is 1.99. The zero-order valence-corrected chi connectivity index (χ0v) is 8.90. The van der Waals surface area contributed by atoms with Crippen LogP contribution in [0.15, 0.2) is 30.3 Å². The molecule has 2 nitrogen and oxygen atoms in total. The average Bonchev–Trinajstić information content (AvgIpc) is 2.20. The number of benzene rings is 1. The Morgan fingerprint density at radius 3 is 2.57 bits per heavy atom. The largest absolute Gasteiger partial charge is 0.493 e. The molecule has 0 aliphatic rings. The Bertz CT molecular complexity index is 233. The Hall–Kier alpha value is -1.02. The fraction of sp³-hybridized carbons (Fsp3) is 0.500. The number of ether oxygens (including phenoxy) is 2. The summed E-state index contributed by atoms with van der Waals surface area (Å²) in [5.74, 6) is 0.927. The summed E-state index contributed by atoms with van der Waals surface area (Å²) in [7, 11) is 0. The molecule has 1 atom stereocenters. The maximum absolute atomic E-state index is 5.54. The summed E-state index contributed by atoms with van der Waals surface area (Å²) in [6, 6.07) is 9.86. The number of rotatable bonds is 6. The molecular formula is C12H18O2. The molecule has 0 bridgehead atoms. The van der Waals surface area contributed by atoms with Crippen molar-refractivity contribution in [1.82, 2.24) is 0 Å². The van der Waals surface area contributed by atoms with Crippen LogP contribution in [0.2, 0.25) is 0 Å². The molecule has 0 unspecified atom stereocenters. The minimum absolute atomic E-state index is 0.281. The summed E-state index contributed by atoms with van der Waals surface area (Å²) in [6.07, 6.45) is 1.21. The molecule has 0 amide bonds. The second-order valence-electron chi connectivity index (χ2n) is 3.22. The predicted octanol–water partition coefficient (Wildman–Crippen LogP) is 2.88. The van der Waals surface area contributed by atoms with Gasteiger partial charge in [-0.05, 0) is 26.0 Å². The lowest BCUT2D eigenvalue weighted by atomic mass is 10.3. The van der Waals surface area contributed by atoms with Gasteiger partial charge >= 0.3 is 0 Å². The van der Waals surface area contributed by atoms with Gasteiger partial charge in [0.25, 0.3) is 0 Å². The molecule has 0 heterocycles. The van der Waals surface area contributed by atoms with Crippen molar-refractivity contribution in [3.05, 3.63) is 30.3 Å². The van der Waals surface area contributed by atoms with Crippen molar-refractivity contribution in [3.8, 4) is 5.75 Å². The lowest BCUT2D eigenvalue weighted by Crippen LogP contribution is -2.12. The summed E-state index contributed by atoms with van der Waals surface area (Å²) in [5, 5.41) is 0. The summed E-state index contributed by atoms with van der Waals surface area (Å²) in [6.45, 7) is 5.56. The molecule has 2 heteroatoms. The molecular weight excluding hydrogens is 176 g/mol. The minimum atomic E-state index is 0.281. The molecule has 0 aromatic heterocycles. The van der Waals surface area contributed by atoms with Crippen molar-refractivity contribution in [1.29, 1.82) is 0 Å². The highest BCUT2D eigenvalue weighted by atomic mass is 16.5. The normalized spacial score (nSPS) is 12.4. The summed E-state index contributed by atoms with van der Waals surface area (Å²) in [5.41, 5.74) is 0. The van der Waals surface area contributed by atoms with Crippen LogP contribution in [0.4, 0.5) is 0 Å². The van der Waals surface area contributed by atoms with E-state index in [4.69, 9.17) is 9.47 Å². The van der Waals surface area contributed by atoms with Gasteiger partial charge < -0.3 is 9.47 Å². The monoisotopic (exact) mass is 194 g/mol. The lowest BCUT2D eigenvalue weighted by molar-refractivity contribution is 0.0596. The molecule has 0 N–H and O–H groups in total. The van der Waals surface area contributed by atoms with Crippen LogP contribution < -0.4 is 4.74 Å². The lowest BCUT2D eigenvalue weighted by Gasteiger charge is -2.11. The van der Waals surface area contributed by atoms with E-state index in [2.05, 4.69) is 6.92 Å². The molecule has 0 radical (unpaired) electrons. The number of hydrogen-bond acceptors (Lipinski definition) is 2. The zero-order chi connectivity index (χ0) is 10.2. The number of para-hydroxylation sites is 1. The van der Waals surface area contributed by atoms with Gasteiger partial charge in [-0.15, -0.1) is 0 Å². The van der Waals surface area contributed by atoms with Gasteiger partial charge in [-0.25, -0.2) is 0 Å². The second kappa shape index (κ2) is 6.44. The van der Waals surface area contributed by atoms with Crippen molar-refractivity contribution in [3.63, 3.8) is 0 Å². The fourth-order valence-electron chi connectivity index (χ4n) is 1.23. The van der Waals surface area contributed by atoms with Crippen LogP contribution in [0, 0.1) is 0 Å². The van der Waals surface area contributed by atoms with E-state index in [1.54, 1.807) is 0 Å². The highest BCUT2D eigenvalue weighted by Crippen LogP contribution is 2.09. The third kappa shape index (κ3) is 4.28. The smallest absolute Gasteiger partial charge is 0.119 e. The van der Waals surface area contributed by atoms with Gasteiger partial charge in [0.15, 0.2) is 0 Å². The molecule has 0 saturated heterocycles. The van der Waals surface area contributed by atoms with Gasteiger partial charge in [0.05, 0.1) is 12.7 Å². The van der Waals surface area contributed by atoms with Crippen LogP contribution in [-0.2, 0) is 4.74 Å². The van der Waals surface area contributed by atoms with Crippen LogP contribution in [-0.4, -0.2) is 19.3 Å². The summed E-state index contributed by atoms with van der Waals surface area (Å²) >= 11 is 0. The first-order valence-corrected chi connectivity index (χ1v) is 5.12. The van der Waals surface area contributed by atoms with Crippen LogP contribution in [0.25, 0.3) is 0 Å². The highest BCUT2D eigenvalue weighted by Gasteiger charge is 2.00. The molecule has 14 heavy (non-hydrogen) atoms. The van der Waals surface area contributed by atoms with Crippen LogP contribution in [0.5, 0.6) is 5.75 Å². The molecule has 1 rings (SSSR count). The summed E-state index contributed by atoms with van der Waals surface area (Å²) in [4.78, 5) is 0. The SMILES string of the molecule is CCO[C@@H](C)CCOc1ccccc1. The molecule has 0 fully saturated rings. The van der Waals surface area contributed by atoms with E-state index in [1.807, 2.05) is 37.3 Å². The minimum Gasteiger partial charge on any atom is -0.493 e. The molecule has 1 aromatic rings. The Morgan fingerprint density at radius 1 is 1.21 bits per heavy atom. The number of hydrogen-bond donors (Lipinski definition) is 0. The zero-order valence-electron chi connectivity index (χ0n) is 8.90. The highest BCUT2D eigenvalue weighted by molar-refractivity contribution is 5.20. The first-order valence-electron chi connectivity index (χ1n) is 5.12. The third-order valence-corrected chi connectivity index (χ3v) is 1.99. The Morgan fingerprint density at radius 2 is 1.93 bits per heavy atom. The van der Waals surface area contributed by atoms with Crippen molar-refractivity contribution >= 4 is 0 Å². The van der Waals surface area contributed by atoms with Gasteiger partial charge in [0.1, 0.15) is 5.75 Å². The van der Waals surface area contributed by atoms with Crippen molar-refractivity contribution in [2.45, 2.75) is 26.4 Å². The maximum Gasteiger partial charge on any atom is 0.119 e. The van der Waals surface area contributed by atoms with E-state index in [9.17, 15) is 0 Å². The first kappa shape index (κ1) is 11.1. The van der Waals surface area contributed by atoms with Crippen molar-refractivity contribution in [2.75, 3.05) is 13.2 Å². The van der Waals surface area contributed by atoms with Crippen molar-refractivity contribution < 1.29 is 9.47 Å². The Kier molecular flexibility index (Phi) is 5.08. The van der Waals surface area contributed by atoms with E-state index in [1.165, 1.54) is 0 Å². The van der Waals surface area contributed by atoms with Gasteiger partial charge in [0, 0.05) is 13.0 Å². The topological polar surface area (TPSA) is 18.5 Å². The first-order chi connectivity index (χ1) is 6.83. The van der Waals surface area contributed by atoms with E-state index in [0.29, 0.717) is 6.61 Å². The molecule has 0 saturated carbocycles. The van der Waals surface area contributed by atoms with Crippen LogP contribution in [0.1, 0.15) is 20.3 Å². The van der Waals surface area contributed by atoms with E-state index in [0.717, 1.165) is 18.8 Å². The molecule has 0 spiro atoms. The van der Waals surface area contributed by atoms with E-state index in [-0.39, 0.29) is 6.10 Å². The average molecular weight is 194 g/mol. The second-order valence-corrected chi connectivity index (χ2v) is 3.22. The molecule has 0 aliphatic heterocycles. The quantitative estimate of drug-likeness (QED) is 0.693. The van der Waals surface area contributed by atoms with Gasteiger partial charge in [-0.2, -0.15) is 0 Å². The molecule has 1 aromatic carbocycles. The predicted molar refractivity (Wildman–Crippen MR) is 57.6 cm³/mol. The van der Waals surface area contributed by atoms with Crippen LogP contribution in [0.3, 0.4) is 0 Å². The Balaban J connectivity index is 2.16. The molecule has 78 valence electrons. The maximum atomic E-state index is 5.54. The fourth-order valence-corrected chi connectivity index (χ4v) is 1.23. The van der Waals surface area contributed by atoms with Crippen molar-refractivity contribution in [2.24, 2.45) is 0 Å². The standard InChI is InChI=1S/C12H18O2/c1-3-13-11(2)9-10-14-12-7-5-4-6-8-12/h4-8,11H,3,9-10H2,1-2H3/t11-/m0/s1. The molecule has 0 aliphatic carbocycles. The summed E-state index contributed by atoms with van der Waals surface area (Å²) < 4.78 is 10.9. The van der Waals surface area contributed by atoms with E-state index >= 15 is 0 Å². The van der Waals surface area contributed by atoms with E-state index < -0.39 is 0 Å². The van der Waals surface area contributed by atoms with Gasteiger partial charge in [-0.3, -0.25) is 0 Å². The van der Waals surface area contributed by atoms with Gasteiger partial charge in [0.2, 0.25) is 0 Å². The van der Waals surface area contributed by atoms with Gasteiger partial charge in [-0.1, -0.05) is 18.2 Å². The van der Waals surface area contributed by atoms with Crippen LogP contribution >= 0.6 is 0 Å². The Labute approximate surface area is 85.8 Å².